The van der Waals surface area contributed by atoms with Gasteiger partial charge in [0, 0.05) is 44.5 Å². The predicted molar refractivity (Wildman–Crippen MR) is 124 cm³/mol. The molecule has 7 nitrogen and oxygen atoms in total. The zero-order valence-corrected chi connectivity index (χ0v) is 19.6. The number of amides is 1. The van der Waals surface area contributed by atoms with Gasteiger partial charge in [0.05, 0.1) is 12.2 Å². The molecule has 1 amide bonds. The Labute approximate surface area is 184 Å². The maximum absolute atomic E-state index is 11.2. The van der Waals surface area contributed by atoms with Crippen molar-refractivity contribution in [2.75, 3.05) is 13.6 Å². The zero-order chi connectivity index (χ0) is 20.0. The zero-order valence-electron chi connectivity index (χ0n) is 17.3. The molecule has 3 N–H and O–H groups in total. The van der Waals surface area contributed by atoms with Crippen molar-refractivity contribution in [3.05, 3.63) is 52.8 Å². The second kappa shape index (κ2) is 11.0. The highest BCUT2D eigenvalue weighted by molar-refractivity contribution is 14.0. The number of aryl methyl sites for hydroxylation is 1. The van der Waals surface area contributed by atoms with Gasteiger partial charge in [-0.1, -0.05) is 26.0 Å². The van der Waals surface area contributed by atoms with Crippen molar-refractivity contribution >= 4 is 35.8 Å². The van der Waals surface area contributed by atoms with E-state index in [1.165, 1.54) is 5.56 Å². The number of nitrogens with one attached hydrogen (secondary N) is 1. The van der Waals surface area contributed by atoms with E-state index in [1.54, 1.807) is 12.1 Å². The van der Waals surface area contributed by atoms with Crippen molar-refractivity contribution in [3.63, 3.8) is 0 Å². The third kappa shape index (κ3) is 6.50. The van der Waals surface area contributed by atoms with E-state index >= 15 is 0 Å². The van der Waals surface area contributed by atoms with Crippen LogP contribution >= 0.6 is 24.0 Å². The molecule has 0 atom stereocenters. The number of hydrogen-bond donors (Lipinski definition) is 2. The second-order valence-corrected chi connectivity index (χ2v) is 6.96. The minimum Gasteiger partial charge on any atom is -0.366 e. The fourth-order valence-electron chi connectivity index (χ4n) is 2.90. The highest BCUT2D eigenvalue weighted by Crippen LogP contribution is 2.18. The van der Waals surface area contributed by atoms with Gasteiger partial charge >= 0.3 is 0 Å². The van der Waals surface area contributed by atoms with Gasteiger partial charge in [0.1, 0.15) is 0 Å². The Morgan fingerprint density at radius 2 is 1.96 bits per heavy atom. The summed E-state index contributed by atoms with van der Waals surface area (Å²) < 4.78 is 1.86. The molecule has 1 aromatic heterocycles. The summed E-state index contributed by atoms with van der Waals surface area (Å²) in [5.41, 5.74) is 9.12. The van der Waals surface area contributed by atoms with Crippen LogP contribution in [-0.4, -0.2) is 40.1 Å². The lowest BCUT2D eigenvalue weighted by atomic mass is 10.1. The van der Waals surface area contributed by atoms with Crippen LogP contribution in [0.3, 0.4) is 0 Å². The van der Waals surface area contributed by atoms with Crippen LogP contribution < -0.4 is 11.1 Å². The largest absolute Gasteiger partial charge is 0.366 e. The van der Waals surface area contributed by atoms with Gasteiger partial charge in [0.15, 0.2) is 5.96 Å². The highest BCUT2D eigenvalue weighted by Gasteiger charge is 2.15. The number of benzene rings is 1. The van der Waals surface area contributed by atoms with Crippen LogP contribution in [0.1, 0.15) is 53.9 Å². The summed E-state index contributed by atoms with van der Waals surface area (Å²) in [6.07, 6.45) is 2.07. The number of primary amides is 1. The molecule has 28 heavy (non-hydrogen) atoms. The van der Waals surface area contributed by atoms with Crippen LogP contribution in [0.15, 0.2) is 35.5 Å². The Hall–Kier alpha value is -2.10. The molecule has 0 bridgehead atoms. The molecule has 0 spiro atoms. The molecule has 2 rings (SSSR count). The van der Waals surface area contributed by atoms with Gasteiger partial charge in [-0.05, 0) is 30.5 Å². The summed E-state index contributed by atoms with van der Waals surface area (Å²) in [7, 11) is 3.97. The van der Waals surface area contributed by atoms with Gasteiger partial charge < -0.3 is 16.0 Å². The molecule has 154 valence electrons. The van der Waals surface area contributed by atoms with E-state index < -0.39 is 5.91 Å². The van der Waals surface area contributed by atoms with Crippen LogP contribution in [0.4, 0.5) is 0 Å². The predicted octanol–water partition coefficient (Wildman–Crippen LogP) is 2.86. The Kier molecular flexibility index (Phi) is 9.44. The Bertz CT molecular complexity index is 798. The van der Waals surface area contributed by atoms with E-state index in [2.05, 4.69) is 42.3 Å². The molecule has 0 aliphatic rings. The van der Waals surface area contributed by atoms with Gasteiger partial charge in [0.25, 0.3) is 0 Å². The molecule has 0 fully saturated rings. The number of nitrogens with zero attached hydrogens (tertiary/aromatic N) is 4. The van der Waals surface area contributed by atoms with Crippen LogP contribution in [0, 0.1) is 0 Å². The number of carbonyl (C=O) groups excluding carboxylic acids is 1. The summed E-state index contributed by atoms with van der Waals surface area (Å²) in [6, 6.07) is 7.22. The van der Waals surface area contributed by atoms with Gasteiger partial charge in [-0.2, -0.15) is 5.10 Å². The third-order valence-electron chi connectivity index (χ3n) is 4.24. The Balaban J connectivity index is 0.00000392. The lowest BCUT2D eigenvalue weighted by molar-refractivity contribution is 0.100. The van der Waals surface area contributed by atoms with Gasteiger partial charge in [0.2, 0.25) is 5.91 Å². The lowest BCUT2D eigenvalue weighted by Crippen LogP contribution is -2.38. The molecule has 0 unspecified atom stereocenters. The average Bonchev–Trinajstić information content (AvgIpc) is 2.99. The molecule has 0 saturated carbocycles. The van der Waals surface area contributed by atoms with Crippen LogP contribution in [0.25, 0.3) is 0 Å². The normalized spacial score (nSPS) is 11.3. The molecule has 0 radical (unpaired) electrons. The van der Waals surface area contributed by atoms with E-state index in [4.69, 9.17) is 10.7 Å². The van der Waals surface area contributed by atoms with E-state index in [9.17, 15) is 4.79 Å². The SMILES string of the molecule is CCNC(=NCc1ccc(C(N)=O)cc1)N(C)Cc1cn(C)nc1C(C)C.I. The van der Waals surface area contributed by atoms with Crippen LogP contribution in [0.2, 0.25) is 0 Å². The molecule has 8 heteroatoms. The number of aromatic nitrogens is 2. The van der Waals surface area contributed by atoms with Gasteiger partial charge in [-0.15, -0.1) is 24.0 Å². The monoisotopic (exact) mass is 498 g/mol. The maximum Gasteiger partial charge on any atom is 0.248 e. The van der Waals surface area contributed by atoms with E-state index in [0.29, 0.717) is 18.0 Å². The smallest absolute Gasteiger partial charge is 0.248 e. The average molecular weight is 498 g/mol. The second-order valence-electron chi connectivity index (χ2n) is 6.96. The quantitative estimate of drug-likeness (QED) is 0.349. The number of hydrogen-bond acceptors (Lipinski definition) is 3. The molecule has 1 aromatic carbocycles. The summed E-state index contributed by atoms with van der Waals surface area (Å²) in [5, 5.41) is 7.91. The summed E-state index contributed by atoms with van der Waals surface area (Å²) in [6.45, 7) is 8.40. The fourth-order valence-corrected chi connectivity index (χ4v) is 2.90. The first-order valence-corrected chi connectivity index (χ1v) is 9.22. The van der Waals surface area contributed by atoms with Crippen molar-refractivity contribution < 1.29 is 4.79 Å². The third-order valence-corrected chi connectivity index (χ3v) is 4.24. The van der Waals surface area contributed by atoms with Crippen molar-refractivity contribution in [1.29, 1.82) is 0 Å². The number of carbonyl (C=O) groups is 1. The first kappa shape index (κ1) is 23.9. The summed E-state index contributed by atoms with van der Waals surface area (Å²) in [5.74, 6) is 0.781. The lowest BCUT2D eigenvalue weighted by Gasteiger charge is -2.22. The first-order valence-electron chi connectivity index (χ1n) is 9.22. The first-order chi connectivity index (χ1) is 12.8. The topological polar surface area (TPSA) is 88.5 Å². The Morgan fingerprint density at radius 3 is 2.50 bits per heavy atom. The summed E-state index contributed by atoms with van der Waals surface area (Å²) >= 11 is 0. The molecular weight excluding hydrogens is 467 g/mol. The number of aliphatic imine (C=N–C) groups is 1. The minimum atomic E-state index is -0.421. The van der Waals surface area contributed by atoms with Gasteiger partial charge in [-0.3, -0.25) is 9.48 Å². The van der Waals surface area contributed by atoms with Crippen molar-refractivity contribution in [1.82, 2.24) is 20.0 Å². The number of nitrogens with two attached hydrogens (primary N) is 1. The minimum absolute atomic E-state index is 0. The van der Waals surface area contributed by atoms with E-state index in [0.717, 1.165) is 30.3 Å². The summed E-state index contributed by atoms with van der Waals surface area (Å²) in [4.78, 5) is 18.0. The highest BCUT2D eigenvalue weighted by atomic mass is 127. The molecule has 2 aromatic rings. The van der Waals surface area contributed by atoms with Crippen molar-refractivity contribution in [2.45, 2.75) is 39.8 Å². The van der Waals surface area contributed by atoms with Crippen LogP contribution in [-0.2, 0) is 20.1 Å². The number of halogens is 1. The number of rotatable bonds is 7. The molecule has 1 heterocycles. The van der Waals surface area contributed by atoms with E-state index in [1.807, 2.05) is 30.9 Å². The maximum atomic E-state index is 11.2. The molecule has 0 aliphatic heterocycles. The molecule has 0 saturated heterocycles. The molecular formula is C20H31IN6O. The fraction of sp³-hybridized carbons (Fsp3) is 0.450. The molecule has 0 aliphatic carbocycles. The standard InChI is InChI=1S/C20H30N6O.HI/c1-6-22-20(23-11-15-7-9-16(10-8-15)19(21)27)25(4)12-17-13-26(5)24-18(17)14(2)3;/h7-10,13-14H,6,11-12H2,1-5H3,(H2,21,27)(H,22,23);1H. The van der Waals surface area contributed by atoms with Crippen molar-refractivity contribution in [2.24, 2.45) is 17.8 Å². The van der Waals surface area contributed by atoms with E-state index in [-0.39, 0.29) is 24.0 Å². The van der Waals surface area contributed by atoms with Gasteiger partial charge in [-0.25, -0.2) is 4.99 Å². The van der Waals surface area contributed by atoms with Crippen molar-refractivity contribution in [3.8, 4) is 0 Å². The van der Waals surface area contributed by atoms with Crippen LogP contribution in [0.5, 0.6) is 0 Å². The number of guanidine groups is 1. The Morgan fingerprint density at radius 1 is 1.32 bits per heavy atom.